The van der Waals surface area contributed by atoms with Crippen LogP contribution in [0.4, 0.5) is 0 Å². The lowest BCUT2D eigenvalue weighted by atomic mass is 9.95. The largest absolute Gasteiger partial charge is 0.381 e. The van der Waals surface area contributed by atoms with E-state index in [1.807, 2.05) is 0 Å². The Morgan fingerprint density at radius 3 is 0.464 bits per heavy atom. The summed E-state index contributed by atoms with van der Waals surface area (Å²) in [7, 11) is 0. The molecule has 0 radical (unpaired) electrons. The molecular formula is C68H138O. The van der Waals surface area contributed by atoms with E-state index in [2.05, 4.69) is 27.7 Å². The van der Waals surface area contributed by atoms with Gasteiger partial charge in [0.2, 0.25) is 0 Å². The molecule has 0 saturated heterocycles. The molecule has 0 aliphatic rings. The van der Waals surface area contributed by atoms with Gasteiger partial charge in [0.15, 0.2) is 0 Å². The van der Waals surface area contributed by atoms with E-state index < -0.39 is 0 Å². The van der Waals surface area contributed by atoms with Gasteiger partial charge in [0.25, 0.3) is 0 Å². The molecule has 2 atom stereocenters. The Morgan fingerprint density at radius 1 is 0.174 bits per heavy atom. The van der Waals surface area contributed by atoms with Gasteiger partial charge in [-0.1, -0.05) is 400 Å². The van der Waals surface area contributed by atoms with Gasteiger partial charge in [0.1, 0.15) is 0 Å². The Bertz CT molecular complexity index is 783. The monoisotopic (exact) mass is 971 g/mol. The first-order valence-corrected chi connectivity index (χ1v) is 33.8. The lowest BCUT2D eigenvalue weighted by molar-refractivity contribution is 0.125. The number of hydrogen-bond donors (Lipinski definition) is 0. The molecule has 0 fully saturated rings. The summed E-state index contributed by atoms with van der Waals surface area (Å²) in [5, 5.41) is 0. The SMILES string of the molecule is CCCCCCCCCCCCCCCCC(C)CCCCCCCCCCCCCCCCOCCCCCCCCCCCCCCCCC(C)CCCCCCCCCCCCCCCC. The Morgan fingerprint density at radius 2 is 0.304 bits per heavy atom. The zero-order valence-electron chi connectivity index (χ0n) is 49.4. The van der Waals surface area contributed by atoms with E-state index in [0.29, 0.717) is 0 Å². The van der Waals surface area contributed by atoms with Crippen LogP contribution in [-0.2, 0) is 4.74 Å². The maximum Gasteiger partial charge on any atom is 0.0466 e. The molecule has 0 heterocycles. The van der Waals surface area contributed by atoms with Crippen LogP contribution in [0.15, 0.2) is 0 Å². The minimum absolute atomic E-state index is 0.956. The summed E-state index contributed by atoms with van der Waals surface area (Å²) in [4.78, 5) is 0. The smallest absolute Gasteiger partial charge is 0.0466 e. The highest BCUT2D eigenvalue weighted by Gasteiger charge is 2.05. The zero-order valence-corrected chi connectivity index (χ0v) is 49.4. The van der Waals surface area contributed by atoms with Gasteiger partial charge >= 0.3 is 0 Å². The fourth-order valence-electron chi connectivity index (χ4n) is 11.4. The van der Waals surface area contributed by atoms with Crippen LogP contribution in [0.3, 0.4) is 0 Å². The molecule has 0 aliphatic heterocycles. The number of rotatable bonds is 64. The molecule has 0 N–H and O–H groups in total. The minimum atomic E-state index is 0.956. The molecule has 0 aromatic rings. The van der Waals surface area contributed by atoms with Crippen molar-refractivity contribution in [2.24, 2.45) is 11.8 Å². The summed E-state index contributed by atoms with van der Waals surface area (Å²) < 4.78 is 5.97. The Labute approximate surface area is 440 Å². The first-order valence-electron chi connectivity index (χ1n) is 33.8. The van der Waals surface area contributed by atoms with Crippen LogP contribution < -0.4 is 0 Å². The highest BCUT2D eigenvalue weighted by atomic mass is 16.5. The van der Waals surface area contributed by atoms with Crippen molar-refractivity contribution in [1.82, 2.24) is 0 Å². The summed E-state index contributed by atoms with van der Waals surface area (Å²) in [5.41, 5.74) is 0. The number of hydrogen-bond acceptors (Lipinski definition) is 1. The number of ether oxygens (including phenoxy) is 1. The normalized spacial score (nSPS) is 12.7. The van der Waals surface area contributed by atoms with E-state index in [1.54, 1.807) is 0 Å². The molecule has 2 unspecified atom stereocenters. The molecule has 0 bridgehead atoms. The molecule has 0 aliphatic carbocycles. The van der Waals surface area contributed by atoms with Gasteiger partial charge in [-0.05, 0) is 24.7 Å². The molecule has 0 aromatic heterocycles. The number of unbranched alkanes of at least 4 members (excludes halogenated alkanes) is 52. The topological polar surface area (TPSA) is 9.23 Å². The first-order chi connectivity index (χ1) is 34.2. The average molecular weight is 972 g/mol. The molecule has 0 spiro atoms. The fourth-order valence-corrected chi connectivity index (χ4v) is 11.4. The molecule has 0 rings (SSSR count). The molecular weight excluding hydrogens is 833 g/mol. The predicted molar refractivity (Wildman–Crippen MR) is 318 cm³/mol. The lowest BCUT2D eigenvalue weighted by Crippen LogP contribution is -1.97. The van der Waals surface area contributed by atoms with E-state index in [4.69, 9.17) is 4.74 Å². The fraction of sp³-hybridized carbons (Fsp3) is 1.00. The van der Waals surface area contributed by atoms with Crippen molar-refractivity contribution < 1.29 is 4.74 Å². The summed E-state index contributed by atoms with van der Waals surface area (Å²) in [6.45, 7) is 11.7. The minimum Gasteiger partial charge on any atom is -0.381 e. The summed E-state index contributed by atoms with van der Waals surface area (Å²) in [5.74, 6) is 1.91. The molecule has 416 valence electrons. The molecule has 69 heavy (non-hydrogen) atoms. The predicted octanol–water partition coefficient (Wildman–Crippen LogP) is 25.7. The van der Waals surface area contributed by atoms with Gasteiger partial charge in [-0.25, -0.2) is 0 Å². The van der Waals surface area contributed by atoms with Crippen LogP contribution in [0.25, 0.3) is 0 Å². The van der Waals surface area contributed by atoms with Gasteiger partial charge in [-0.15, -0.1) is 0 Å². The van der Waals surface area contributed by atoms with Crippen molar-refractivity contribution in [2.45, 2.75) is 413 Å². The third-order valence-corrected chi connectivity index (χ3v) is 16.6. The van der Waals surface area contributed by atoms with Crippen LogP contribution in [0, 0.1) is 11.8 Å². The second kappa shape index (κ2) is 64.1. The molecule has 1 heteroatoms. The van der Waals surface area contributed by atoms with E-state index in [-0.39, 0.29) is 0 Å². The first kappa shape index (κ1) is 69.0. The van der Waals surface area contributed by atoms with E-state index in [0.717, 1.165) is 25.0 Å². The van der Waals surface area contributed by atoms with Gasteiger partial charge in [-0.2, -0.15) is 0 Å². The van der Waals surface area contributed by atoms with Crippen LogP contribution in [0.2, 0.25) is 0 Å². The molecule has 1 nitrogen and oxygen atoms in total. The third kappa shape index (κ3) is 64.0. The molecule has 0 saturated carbocycles. The van der Waals surface area contributed by atoms with Crippen molar-refractivity contribution in [3.8, 4) is 0 Å². The maximum atomic E-state index is 5.97. The van der Waals surface area contributed by atoms with Crippen molar-refractivity contribution >= 4 is 0 Å². The van der Waals surface area contributed by atoms with E-state index in [1.165, 1.54) is 385 Å². The second-order valence-corrected chi connectivity index (χ2v) is 24.1. The summed E-state index contributed by atoms with van der Waals surface area (Å²) in [6, 6.07) is 0. The summed E-state index contributed by atoms with van der Waals surface area (Å²) in [6.07, 6.45) is 87.6. The quantitative estimate of drug-likeness (QED) is 0.0552. The average Bonchev–Trinajstić information content (AvgIpc) is 3.35. The van der Waals surface area contributed by atoms with Crippen LogP contribution in [0.5, 0.6) is 0 Å². The van der Waals surface area contributed by atoms with Crippen LogP contribution in [0.1, 0.15) is 413 Å². The van der Waals surface area contributed by atoms with Crippen molar-refractivity contribution in [2.75, 3.05) is 13.2 Å². The standard InChI is InChI=1S/C68H138O/c1-5-7-9-11-13-15-17-19-25-31-37-43-49-55-61-67(3)63-57-51-45-39-33-27-21-23-29-35-41-47-53-59-65-69-66-60-54-48-42-36-30-24-22-28-34-40-46-52-58-64-68(4)62-56-50-44-38-32-26-20-18-16-14-12-10-8-6-2/h67-68H,5-66H2,1-4H3. The van der Waals surface area contributed by atoms with Crippen molar-refractivity contribution in [3.63, 3.8) is 0 Å². The zero-order chi connectivity index (χ0) is 49.7. The van der Waals surface area contributed by atoms with Crippen LogP contribution in [-0.4, -0.2) is 13.2 Å². The third-order valence-electron chi connectivity index (χ3n) is 16.6. The van der Waals surface area contributed by atoms with E-state index >= 15 is 0 Å². The lowest BCUT2D eigenvalue weighted by Gasteiger charge is -2.11. The van der Waals surface area contributed by atoms with Gasteiger partial charge in [-0.3, -0.25) is 0 Å². The Balaban J connectivity index is 3.16. The van der Waals surface area contributed by atoms with Crippen molar-refractivity contribution in [3.05, 3.63) is 0 Å². The molecule has 0 aromatic carbocycles. The highest BCUT2D eigenvalue weighted by Crippen LogP contribution is 2.22. The van der Waals surface area contributed by atoms with Gasteiger partial charge in [0.05, 0.1) is 0 Å². The van der Waals surface area contributed by atoms with Gasteiger partial charge < -0.3 is 4.74 Å². The molecule has 0 amide bonds. The Hall–Kier alpha value is -0.0400. The maximum absolute atomic E-state index is 5.97. The van der Waals surface area contributed by atoms with E-state index in [9.17, 15) is 0 Å². The second-order valence-electron chi connectivity index (χ2n) is 24.1. The Kier molecular flexibility index (Phi) is 64.0. The summed E-state index contributed by atoms with van der Waals surface area (Å²) >= 11 is 0. The van der Waals surface area contributed by atoms with Crippen LogP contribution >= 0.6 is 0 Å². The van der Waals surface area contributed by atoms with Crippen molar-refractivity contribution in [1.29, 1.82) is 0 Å². The van der Waals surface area contributed by atoms with Gasteiger partial charge in [0, 0.05) is 13.2 Å². The highest BCUT2D eigenvalue weighted by molar-refractivity contribution is 4.59.